The predicted octanol–water partition coefficient (Wildman–Crippen LogP) is 9.77. The second kappa shape index (κ2) is 18.9. The average Bonchev–Trinajstić information content (AvgIpc) is 3.13. The first-order chi connectivity index (χ1) is 24.3. The fourth-order valence-corrected chi connectivity index (χ4v) is 11.7. The molecule has 284 valence electrons. The Morgan fingerprint density at radius 1 is 0.480 bits per heavy atom. The Kier molecular flexibility index (Phi) is 14.4. The normalized spacial score (nSPS) is 37.9. The van der Waals surface area contributed by atoms with E-state index >= 15 is 0 Å². The number of carbonyl (C=O) groups is 3. The summed E-state index contributed by atoms with van der Waals surface area (Å²) in [5, 5.41) is 19.8. The van der Waals surface area contributed by atoms with E-state index in [1.54, 1.807) is 0 Å². The van der Waals surface area contributed by atoms with Gasteiger partial charge in [0.1, 0.15) is 6.10 Å². The number of carboxylic acids is 2. The zero-order valence-corrected chi connectivity index (χ0v) is 30.9. The molecule has 6 aliphatic rings. The highest BCUT2D eigenvalue weighted by atomic mass is 17.2. The molecule has 8 heteroatoms. The van der Waals surface area contributed by atoms with Crippen LogP contribution in [0.5, 0.6) is 0 Å². The van der Waals surface area contributed by atoms with Crippen molar-refractivity contribution in [1.82, 2.24) is 0 Å². The fourth-order valence-electron chi connectivity index (χ4n) is 11.7. The van der Waals surface area contributed by atoms with Crippen molar-refractivity contribution in [3.05, 3.63) is 0 Å². The van der Waals surface area contributed by atoms with E-state index in [1.807, 2.05) is 0 Å². The minimum absolute atomic E-state index is 0.0339. The molecule has 6 saturated carbocycles. The average molecular weight is 701 g/mol. The van der Waals surface area contributed by atoms with Crippen molar-refractivity contribution in [3.63, 3.8) is 0 Å². The first-order valence-corrected chi connectivity index (χ1v) is 21.3. The van der Waals surface area contributed by atoms with Gasteiger partial charge >= 0.3 is 17.9 Å². The number of rotatable bonds is 13. The van der Waals surface area contributed by atoms with Gasteiger partial charge in [-0.2, -0.15) is 0 Å². The predicted molar refractivity (Wildman–Crippen MR) is 191 cm³/mol. The third-order valence-electron chi connectivity index (χ3n) is 14.6. The second-order valence-electron chi connectivity index (χ2n) is 18.0. The van der Waals surface area contributed by atoms with Gasteiger partial charge in [-0.15, -0.1) is 0 Å². The SMILES string of the molecule is O=C(O)C1CCC(CC2CCCCC2)CC1COOC1CCC(C2CCC(OC(=O)C3CC(CC4CCCCC4)CCC3C(=O)O)CC2)CC1. The van der Waals surface area contributed by atoms with Crippen LogP contribution in [-0.2, 0) is 28.9 Å². The Bertz CT molecular complexity index is 1070. The van der Waals surface area contributed by atoms with Crippen LogP contribution in [-0.4, -0.2) is 46.9 Å². The van der Waals surface area contributed by atoms with Gasteiger partial charge in [0.15, 0.2) is 0 Å². The molecule has 8 nitrogen and oxygen atoms in total. The maximum atomic E-state index is 13.4. The van der Waals surface area contributed by atoms with E-state index in [9.17, 15) is 24.6 Å². The topological polar surface area (TPSA) is 119 Å². The lowest BCUT2D eigenvalue weighted by Crippen LogP contribution is -2.39. The van der Waals surface area contributed by atoms with Crippen molar-refractivity contribution in [3.8, 4) is 0 Å². The Hall–Kier alpha value is -1.67. The van der Waals surface area contributed by atoms with Gasteiger partial charge in [0.2, 0.25) is 0 Å². The first kappa shape index (κ1) is 38.1. The Morgan fingerprint density at radius 3 is 1.52 bits per heavy atom. The van der Waals surface area contributed by atoms with Crippen LogP contribution in [0.2, 0.25) is 0 Å². The van der Waals surface area contributed by atoms with Crippen LogP contribution in [0.15, 0.2) is 0 Å². The van der Waals surface area contributed by atoms with Gasteiger partial charge < -0.3 is 14.9 Å². The van der Waals surface area contributed by atoms with E-state index in [4.69, 9.17) is 14.5 Å². The lowest BCUT2D eigenvalue weighted by atomic mass is 9.70. The third-order valence-corrected chi connectivity index (χ3v) is 14.6. The van der Waals surface area contributed by atoms with Crippen molar-refractivity contribution in [2.24, 2.45) is 59.2 Å². The molecule has 0 amide bonds. The van der Waals surface area contributed by atoms with Crippen molar-refractivity contribution >= 4 is 17.9 Å². The summed E-state index contributed by atoms with van der Waals surface area (Å²) in [7, 11) is 0. The maximum Gasteiger partial charge on any atom is 0.310 e. The largest absolute Gasteiger partial charge is 0.481 e. The molecule has 0 aromatic carbocycles. The van der Waals surface area contributed by atoms with Crippen molar-refractivity contribution in [2.45, 2.75) is 179 Å². The molecular weight excluding hydrogens is 632 g/mol. The smallest absolute Gasteiger partial charge is 0.310 e. The molecule has 0 heterocycles. The van der Waals surface area contributed by atoms with E-state index < -0.39 is 23.8 Å². The van der Waals surface area contributed by atoms with Crippen LogP contribution in [0.4, 0.5) is 0 Å². The lowest BCUT2D eigenvalue weighted by molar-refractivity contribution is -0.338. The van der Waals surface area contributed by atoms with Crippen molar-refractivity contribution < 1.29 is 39.1 Å². The molecule has 0 aromatic rings. The summed E-state index contributed by atoms with van der Waals surface area (Å²) < 4.78 is 6.09. The van der Waals surface area contributed by atoms with Crippen LogP contribution in [0.1, 0.15) is 167 Å². The van der Waals surface area contributed by atoms with Gasteiger partial charge in [0.25, 0.3) is 0 Å². The van der Waals surface area contributed by atoms with E-state index in [2.05, 4.69) is 0 Å². The van der Waals surface area contributed by atoms with Gasteiger partial charge in [-0.25, -0.2) is 9.78 Å². The van der Waals surface area contributed by atoms with Crippen LogP contribution in [0.25, 0.3) is 0 Å². The number of hydrogen-bond donors (Lipinski definition) is 2. The molecule has 0 bridgehead atoms. The summed E-state index contributed by atoms with van der Waals surface area (Å²) in [5.74, 6) is 0.746. The molecule has 6 aliphatic carbocycles. The lowest BCUT2D eigenvalue weighted by Gasteiger charge is -2.39. The van der Waals surface area contributed by atoms with E-state index in [1.165, 1.54) is 70.6 Å². The summed E-state index contributed by atoms with van der Waals surface area (Å²) >= 11 is 0. The van der Waals surface area contributed by atoms with Crippen molar-refractivity contribution in [1.29, 1.82) is 0 Å². The Balaban J connectivity index is 0.882. The minimum atomic E-state index is -0.839. The van der Waals surface area contributed by atoms with E-state index in [-0.39, 0.29) is 30.0 Å². The van der Waals surface area contributed by atoms with Crippen LogP contribution >= 0.6 is 0 Å². The summed E-state index contributed by atoms with van der Waals surface area (Å²) in [5.41, 5.74) is 0. The number of aliphatic carboxylic acids is 2. The Labute approximate surface area is 301 Å². The molecule has 6 atom stereocenters. The molecule has 6 unspecified atom stereocenters. The molecule has 0 saturated heterocycles. The van der Waals surface area contributed by atoms with Crippen LogP contribution < -0.4 is 0 Å². The number of carboxylic acid groups (broad SMARTS) is 2. The second-order valence-corrected chi connectivity index (χ2v) is 18.0. The highest BCUT2D eigenvalue weighted by Gasteiger charge is 2.42. The molecule has 50 heavy (non-hydrogen) atoms. The monoisotopic (exact) mass is 700 g/mol. The molecule has 0 aliphatic heterocycles. The highest BCUT2D eigenvalue weighted by Crippen LogP contribution is 2.44. The summed E-state index contributed by atoms with van der Waals surface area (Å²) in [6, 6.07) is 0. The first-order valence-electron chi connectivity index (χ1n) is 21.3. The molecule has 6 fully saturated rings. The van der Waals surface area contributed by atoms with Crippen LogP contribution in [0, 0.1) is 59.2 Å². The van der Waals surface area contributed by atoms with Gasteiger partial charge in [0.05, 0.1) is 30.5 Å². The standard InChI is InChI=1S/C42H68O8/c43-40(44)37-21-11-30(23-28-7-3-1-4-8-28)25-34(37)27-48-50-36-19-15-33(16-20-36)32-13-17-35(18-14-32)49-42(47)39-26-31(12-22-38(39)41(45)46)24-29-9-5-2-6-10-29/h28-39H,1-27H2,(H,43,44)(H,45,46). The summed E-state index contributed by atoms with van der Waals surface area (Å²) in [6.07, 6.45) is 28.7. The zero-order chi connectivity index (χ0) is 34.9. The van der Waals surface area contributed by atoms with E-state index in [0.29, 0.717) is 43.1 Å². The van der Waals surface area contributed by atoms with Gasteiger partial charge in [-0.3, -0.25) is 14.4 Å². The summed E-state index contributed by atoms with van der Waals surface area (Å²) in [4.78, 5) is 49.3. The van der Waals surface area contributed by atoms with Gasteiger partial charge in [-0.1, -0.05) is 64.2 Å². The quantitative estimate of drug-likeness (QED) is 0.111. The Morgan fingerprint density at radius 2 is 0.980 bits per heavy atom. The number of carbonyl (C=O) groups excluding carboxylic acids is 1. The number of ether oxygens (including phenoxy) is 1. The van der Waals surface area contributed by atoms with Crippen molar-refractivity contribution in [2.75, 3.05) is 6.61 Å². The van der Waals surface area contributed by atoms with E-state index in [0.717, 1.165) is 95.3 Å². The molecule has 6 rings (SSSR count). The third kappa shape index (κ3) is 10.7. The van der Waals surface area contributed by atoms with Gasteiger partial charge in [0, 0.05) is 0 Å². The molecular formula is C42H68O8. The fraction of sp³-hybridized carbons (Fsp3) is 0.929. The maximum absolute atomic E-state index is 13.4. The number of hydrogen-bond acceptors (Lipinski definition) is 6. The van der Waals surface area contributed by atoms with Crippen LogP contribution in [0.3, 0.4) is 0 Å². The number of esters is 1. The summed E-state index contributed by atoms with van der Waals surface area (Å²) in [6.45, 7) is 0.385. The molecule has 0 spiro atoms. The van der Waals surface area contributed by atoms with Gasteiger partial charge in [-0.05, 0) is 144 Å². The minimum Gasteiger partial charge on any atom is -0.481 e. The highest BCUT2D eigenvalue weighted by molar-refractivity contribution is 5.81. The molecule has 2 N–H and O–H groups in total. The molecule has 0 radical (unpaired) electrons. The zero-order valence-electron chi connectivity index (χ0n) is 30.9. The molecule has 0 aromatic heterocycles.